The minimum absolute atomic E-state index is 0.00934. The number of rotatable bonds is 7. The molecule has 0 saturated carbocycles. The molecule has 0 aliphatic heterocycles. The third kappa shape index (κ3) is 5.86. The van der Waals surface area contributed by atoms with Crippen molar-refractivity contribution >= 4 is 62.5 Å². The summed E-state index contributed by atoms with van der Waals surface area (Å²) in [6.45, 7) is 0.402. The zero-order chi connectivity index (χ0) is 23.5. The van der Waals surface area contributed by atoms with E-state index in [1.165, 1.54) is 28.9 Å². The summed E-state index contributed by atoms with van der Waals surface area (Å²) >= 11 is 21.3. The van der Waals surface area contributed by atoms with Gasteiger partial charge in [0, 0.05) is 28.5 Å². The highest BCUT2D eigenvalue weighted by atomic mass is 79.9. The highest BCUT2D eigenvalue weighted by Gasteiger charge is 2.15. The molecule has 0 aliphatic carbocycles. The standard InChI is InChI=1S/C21H14BrCl3FN5O2/c22-15-10-31(9-12-1-2-13(23)7-16(12)24)29-20(15)27-21(32)19-5-6-30(28-19)11-33-14-3-4-18(26)17(25)8-14/h1-8,10H,9,11H2,(H,27,29,32). The number of nitrogens with zero attached hydrogens (tertiary/aromatic N) is 4. The van der Waals surface area contributed by atoms with Gasteiger partial charge in [0.05, 0.1) is 16.0 Å². The van der Waals surface area contributed by atoms with Gasteiger partial charge in [-0.1, -0.05) is 40.9 Å². The Hall–Kier alpha value is -2.59. The van der Waals surface area contributed by atoms with Gasteiger partial charge in [0.1, 0.15) is 11.6 Å². The number of carbonyl (C=O) groups is 1. The van der Waals surface area contributed by atoms with Gasteiger partial charge < -0.3 is 10.1 Å². The maximum Gasteiger partial charge on any atom is 0.277 e. The van der Waals surface area contributed by atoms with Crippen LogP contribution in [0.1, 0.15) is 16.1 Å². The molecule has 2 heterocycles. The summed E-state index contributed by atoms with van der Waals surface area (Å²) in [7, 11) is 0. The number of benzene rings is 2. The van der Waals surface area contributed by atoms with E-state index in [0.29, 0.717) is 32.6 Å². The van der Waals surface area contributed by atoms with E-state index in [9.17, 15) is 9.18 Å². The van der Waals surface area contributed by atoms with Crippen molar-refractivity contribution < 1.29 is 13.9 Å². The van der Waals surface area contributed by atoms with E-state index in [0.717, 1.165) is 5.56 Å². The fourth-order valence-corrected chi connectivity index (χ4v) is 3.87. The van der Waals surface area contributed by atoms with E-state index in [1.807, 2.05) is 6.07 Å². The summed E-state index contributed by atoms with van der Waals surface area (Å²) in [6.07, 6.45) is 3.30. The Balaban J connectivity index is 1.38. The molecule has 7 nitrogen and oxygen atoms in total. The van der Waals surface area contributed by atoms with Crippen LogP contribution in [0, 0.1) is 5.82 Å². The van der Waals surface area contributed by atoms with Gasteiger partial charge >= 0.3 is 0 Å². The molecule has 4 aromatic rings. The summed E-state index contributed by atoms with van der Waals surface area (Å²) < 4.78 is 22.4. The van der Waals surface area contributed by atoms with Crippen molar-refractivity contribution in [2.75, 3.05) is 5.32 Å². The number of halogens is 5. The molecular weight excluding hydrogens is 560 g/mol. The van der Waals surface area contributed by atoms with E-state index in [4.69, 9.17) is 39.5 Å². The fourth-order valence-electron chi connectivity index (χ4n) is 2.82. The lowest BCUT2D eigenvalue weighted by Crippen LogP contribution is -2.15. The molecule has 2 aromatic carbocycles. The summed E-state index contributed by atoms with van der Waals surface area (Å²) in [5.74, 6) is -0.281. The van der Waals surface area contributed by atoms with E-state index >= 15 is 0 Å². The zero-order valence-corrected chi connectivity index (χ0v) is 20.5. The van der Waals surface area contributed by atoms with E-state index < -0.39 is 11.7 Å². The highest BCUT2D eigenvalue weighted by molar-refractivity contribution is 9.10. The van der Waals surface area contributed by atoms with Crippen LogP contribution in [0.2, 0.25) is 15.1 Å². The quantitative estimate of drug-likeness (QED) is 0.283. The molecule has 0 atom stereocenters. The Morgan fingerprint density at radius 1 is 1.06 bits per heavy atom. The van der Waals surface area contributed by atoms with Gasteiger partial charge in [-0.05, 0) is 51.8 Å². The Bertz CT molecular complexity index is 1330. The predicted molar refractivity (Wildman–Crippen MR) is 128 cm³/mol. The van der Waals surface area contributed by atoms with Gasteiger partial charge in [0.25, 0.3) is 5.91 Å². The first kappa shape index (κ1) is 23.6. The van der Waals surface area contributed by atoms with Gasteiger partial charge in [-0.25, -0.2) is 9.07 Å². The fraction of sp³-hybridized carbons (Fsp3) is 0.0952. The van der Waals surface area contributed by atoms with Crippen molar-refractivity contribution in [1.29, 1.82) is 0 Å². The van der Waals surface area contributed by atoms with Crippen molar-refractivity contribution in [1.82, 2.24) is 19.6 Å². The first-order valence-electron chi connectivity index (χ1n) is 9.38. The van der Waals surface area contributed by atoms with Crippen molar-refractivity contribution in [2.45, 2.75) is 13.3 Å². The Kier molecular flexibility index (Phi) is 7.23. The van der Waals surface area contributed by atoms with Crippen LogP contribution in [-0.4, -0.2) is 25.5 Å². The lowest BCUT2D eigenvalue weighted by molar-refractivity contribution is 0.101. The molecule has 1 amide bonds. The third-order valence-corrected chi connectivity index (χ3v) is 5.88. The van der Waals surface area contributed by atoms with Gasteiger partial charge in [0.2, 0.25) is 0 Å². The van der Waals surface area contributed by atoms with Crippen LogP contribution in [0.5, 0.6) is 5.75 Å². The van der Waals surface area contributed by atoms with Crippen LogP contribution >= 0.6 is 50.7 Å². The topological polar surface area (TPSA) is 74.0 Å². The van der Waals surface area contributed by atoms with E-state index in [2.05, 4.69) is 31.4 Å². The molecule has 33 heavy (non-hydrogen) atoms. The van der Waals surface area contributed by atoms with Crippen LogP contribution in [0.4, 0.5) is 10.2 Å². The lowest BCUT2D eigenvalue weighted by Gasteiger charge is -2.06. The number of hydrogen-bond donors (Lipinski definition) is 1. The van der Waals surface area contributed by atoms with Crippen molar-refractivity contribution in [3.05, 3.63) is 91.5 Å². The van der Waals surface area contributed by atoms with Crippen molar-refractivity contribution in [3.8, 4) is 5.75 Å². The summed E-state index contributed by atoms with van der Waals surface area (Å²) in [4.78, 5) is 12.6. The molecule has 0 unspecified atom stereocenters. The molecule has 0 saturated heterocycles. The van der Waals surface area contributed by atoms with Crippen molar-refractivity contribution in [3.63, 3.8) is 0 Å². The van der Waals surface area contributed by atoms with Gasteiger partial charge in [0.15, 0.2) is 18.2 Å². The van der Waals surface area contributed by atoms with Crippen LogP contribution in [0.3, 0.4) is 0 Å². The molecule has 0 radical (unpaired) electrons. The second-order valence-corrected chi connectivity index (χ2v) is 8.91. The van der Waals surface area contributed by atoms with Crippen LogP contribution in [-0.2, 0) is 13.3 Å². The molecule has 0 aliphatic rings. The number of carbonyl (C=O) groups excluding carboxylic acids is 1. The molecular formula is C21H14BrCl3FN5O2. The van der Waals surface area contributed by atoms with E-state index in [1.54, 1.807) is 29.2 Å². The average Bonchev–Trinajstić information content (AvgIpc) is 3.38. The molecule has 2 aromatic heterocycles. The average molecular weight is 574 g/mol. The SMILES string of the molecule is O=C(Nc1nn(Cc2ccc(Cl)cc2Cl)cc1Br)c1ccn(COc2ccc(F)c(Cl)c2)n1. The summed E-state index contributed by atoms with van der Waals surface area (Å²) in [5.41, 5.74) is 0.994. The summed E-state index contributed by atoms with van der Waals surface area (Å²) in [5, 5.41) is 12.3. The Morgan fingerprint density at radius 2 is 1.88 bits per heavy atom. The van der Waals surface area contributed by atoms with E-state index in [-0.39, 0.29) is 17.4 Å². The first-order chi connectivity index (χ1) is 15.8. The van der Waals surface area contributed by atoms with Gasteiger partial charge in [-0.2, -0.15) is 10.2 Å². The van der Waals surface area contributed by atoms with Gasteiger partial charge in [-0.15, -0.1) is 0 Å². The number of anilines is 1. The monoisotopic (exact) mass is 571 g/mol. The molecule has 170 valence electrons. The Morgan fingerprint density at radius 3 is 2.64 bits per heavy atom. The molecule has 1 N–H and O–H groups in total. The zero-order valence-electron chi connectivity index (χ0n) is 16.6. The second kappa shape index (κ2) is 10.1. The minimum atomic E-state index is -0.535. The van der Waals surface area contributed by atoms with Crippen LogP contribution < -0.4 is 10.1 Å². The number of nitrogens with one attached hydrogen (secondary N) is 1. The van der Waals surface area contributed by atoms with Crippen molar-refractivity contribution in [2.24, 2.45) is 0 Å². The molecule has 0 fully saturated rings. The molecule has 0 bridgehead atoms. The normalized spacial score (nSPS) is 10.9. The molecule has 0 spiro atoms. The first-order valence-corrected chi connectivity index (χ1v) is 11.3. The molecule has 12 heteroatoms. The lowest BCUT2D eigenvalue weighted by atomic mass is 10.2. The van der Waals surface area contributed by atoms with Gasteiger partial charge in [-0.3, -0.25) is 9.48 Å². The summed E-state index contributed by atoms with van der Waals surface area (Å²) in [6, 6.07) is 10.8. The number of aromatic nitrogens is 4. The van der Waals surface area contributed by atoms with Crippen LogP contribution in [0.15, 0.2) is 59.3 Å². The third-order valence-electron chi connectivity index (χ3n) is 4.42. The number of amides is 1. The molecule has 4 rings (SSSR count). The highest BCUT2D eigenvalue weighted by Crippen LogP contribution is 2.25. The second-order valence-electron chi connectivity index (χ2n) is 6.80. The Labute approximate surface area is 211 Å². The largest absolute Gasteiger partial charge is 0.471 e. The maximum absolute atomic E-state index is 13.2. The predicted octanol–water partition coefficient (Wildman–Crippen LogP) is 6.28. The minimum Gasteiger partial charge on any atom is -0.471 e. The smallest absolute Gasteiger partial charge is 0.277 e. The maximum atomic E-state index is 13.2. The number of ether oxygens (including phenoxy) is 1. The van der Waals surface area contributed by atoms with Crippen LogP contribution in [0.25, 0.3) is 0 Å². The number of hydrogen-bond acceptors (Lipinski definition) is 4.